The summed E-state index contributed by atoms with van der Waals surface area (Å²) in [7, 11) is 1.83. The van der Waals surface area contributed by atoms with Gasteiger partial charge in [-0.3, -0.25) is 10.1 Å². The van der Waals surface area contributed by atoms with Crippen molar-refractivity contribution >= 4 is 22.9 Å². The van der Waals surface area contributed by atoms with Gasteiger partial charge in [0, 0.05) is 19.5 Å². The molecule has 0 atom stereocenters. The van der Waals surface area contributed by atoms with E-state index in [0.717, 1.165) is 17.6 Å². The third-order valence-electron chi connectivity index (χ3n) is 2.82. The Morgan fingerprint density at radius 1 is 1.39 bits per heavy atom. The molecular weight excluding hydrogens is 228 g/mol. The van der Waals surface area contributed by atoms with Crippen LogP contribution in [-0.2, 0) is 11.3 Å². The van der Waals surface area contributed by atoms with E-state index in [9.17, 15) is 4.79 Å². The van der Waals surface area contributed by atoms with Gasteiger partial charge in [-0.05, 0) is 26.1 Å². The van der Waals surface area contributed by atoms with E-state index in [4.69, 9.17) is 0 Å². The molecule has 0 aliphatic carbocycles. The van der Waals surface area contributed by atoms with Crippen LogP contribution in [0.2, 0.25) is 0 Å². The molecule has 0 aliphatic rings. The molecule has 2 aromatic rings. The molecule has 0 fully saturated rings. The number of imidazole rings is 1. The fourth-order valence-corrected chi connectivity index (χ4v) is 1.92. The molecule has 0 saturated heterocycles. The smallest absolute Gasteiger partial charge is 0.227 e. The number of carbonyl (C=O) groups excluding carboxylic acids is 1. The van der Waals surface area contributed by atoms with Crippen LogP contribution in [0.25, 0.3) is 11.0 Å². The summed E-state index contributed by atoms with van der Waals surface area (Å²) in [5.41, 5.74) is 1.95. The van der Waals surface area contributed by atoms with Gasteiger partial charge in [0.2, 0.25) is 11.9 Å². The second kappa shape index (κ2) is 5.64. The van der Waals surface area contributed by atoms with Crippen molar-refractivity contribution in [3.8, 4) is 0 Å². The highest BCUT2D eigenvalue weighted by molar-refractivity contribution is 5.91. The van der Waals surface area contributed by atoms with Crippen molar-refractivity contribution in [3.63, 3.8) is 0 Å². The number of nitrogens with one attached hydrogen (secondary N) is 2. The lowest BCUT2D eigenvalue weighted by Gasteiger charge is -2.07. The normalized spacial score (nSPS) is 10.8. The van der Waals surface area contributed by atoms with Crippen LogP contribution in [0, 0.1) is 0 Å². The van der Waals surface area contributed by atoms with Crippen LogP contribution in [-0.4, -0.2) is 29.1 Å². The Hall–Kier alpha value is -1.88. The summed E-state index contributed by atoms with van der Waals surface area (Å²) in [6, 6.07) is 7.88. The minimum absolute atomic E-state index is 0.0191. The standard InChI is InChI=1S/C13H18N4O/c1-3-17-11-7-5-4-6-10(11)15-13(17)16-12(18)8-9-14-2/h4-7,14H,3,8-9H2,1-2H3,(H,15,16,18). The summed E-state index contributed by atoms with van der Waals surface area (Å²) < 4.78 is 2.01. The fraction of sp³-hybridized carbons (Fsp3) is 0.385. The van der Waals surface area contributed by atoms with E-state index in [1.807, 2.05) is 42.8 Å². The van der Waals surface area contributed by atoms with E-state index in [0.29, 0.717) is 18.9 Å². The highest BCUT2D eigenvalue weighted by atomic mass is 16.1. The molecule has 96 valence electrons. The Balaban J connectivity index is 2.24. The lowest BCUT2D eigenvalue weighted by molar-refractivity contribution is -0.116. The number of amides is 1. The highest BCUT2D eigenvalue weighted by Crippen LogP contribution is 2.19. The first-order valence-electron chi connectivity index (χ1n) is 6.16. The van der Waals surface area contributed by atoms with Crippen LogP contribution in [0.15, 0.2) is 24.3 Å². The molecule has 0 bridgehead atoms. The van der Waals surface area contributed by atoms with E-state index in [2.05, 4.69) is 15.6 Å². The Morgan fingerprint density at radius 3 is 2.89 bits per heavy atom. The minimum atomic E-state index is -0.0191. The van der Waals surface area contributed by atoms with E-state index >= 15 is 0 Å². The Bertz CT molecular complexity index is 547. The predicted octanol–water partition coefficient (Wildman–Crippen LogP) is 1.60. The van der Waals surface area contributed by atoms with Crippen LogP contribution in [0.3, 0.4) is 0 Å². The number of hydrogen-bond acceptors (Lipinski definition) is 3. The molecule has 1 aromatic heterocycles. The maximum atomic E-state index is 11.7. The molecule has 0 saturated carbocycles. The molecule has 1 heterocycles. The third-order valence-corrected chi connectivity index (χ3v) is 2.82. The summed E-state index contributed by atoms with van der Waals surface area (Å²) in [6.45, 7) is 3.48. The first-order valence-corrected chi connectivity index (χ1v) is 6.16. The minimum Gasteiger partial charge on any atom is -0.319 e. The molecule has 18 heavy (non-hydrogen) atoms. The van der Waals surface area contributed by atoms with Gasteiger partial charge in [0.15, 0.2) is 0 Å². The molecular formula is C13H18N4O. The quantitative estimate of drug-likeness (QED) is 0.842. The zero-order valence-corrected chi connectivity index (χ0v) is 10.7. The van der Waals surface area contributed by atoms with Gasteiger partial charge in [0.1, 0.15) is 0 Å². The van der Waals surface area contributed by atoms with Gasteiger partial charge in [-0.2, -0.15) is 0 Å². The number of rotatable bonds is 5. The van der Waals surface area contributed by atoms with E-state index in [1.54, 1.807) is 0 Å². The largest absolute Gasteiger partial charge is 0.319 e. The molecule has 0 unspecified atom stereocenters. The molecule has 1 amide bonds. The molecule has 0 spiro atoms. The van der Waals surface area contributed by atoms with Crippen molar-refractivity contribution in [3.05, 3.63) is 24.3 Å². The number of para-hydroxylation sites is 2. The molecule has 5 heteroatoms. The topological polar surface area (TPSA) is 59.0 Å². The molecule has 2 N–H and O–H groups in total. The molecule has 1 aromatic carbocycles. The number of nitrogens with zero attached hydrogens (tertiary/aromatic N) is 2. The lowest BCUT2D eigenvalue weighted by atomic mass is 10.3. The van der Waals surface area contributed by atoms with E-state index in [-0.39, 0.29) is 5.91 Å². The SMILES string of the molecule is CCn1c(NC(=O)CCNC)nc2ccccc21. The first kappa shape index (κ1) is 12.6. The van der Waals surface area contributed by atoms with Crippen molar-refractivity contribution in [2.45, 2.75) is 19.9 Å². The van der Waals surface area contributed by atoms with Crippen LogP contribution < -0.4 is 10.6 Å². The Morgan fingerprint density at radius 2 is 2.17 bits per heavy atom. The zero-order valence-electron chi connectivity index (χ0n) is 10.7. The van der Waals surface area contributed by atoms with Gasteiger partial charge < -0.3 is 9.88 Å². The van der Waals surface area contributed by atoms with Gasteiger partial charge >= 0.3 is 0 Å². The van der Waals surface area contributed by atoms with Gasteiger partial charge in [-0.15, -0.1) is 0 Å². The van der Waals surface area contributed by atoms with Crippen molar-refractivity contribution < 1.29 is 4.79 Å². The zero-order chi connectivity index (χ0) is 13.0. The Labute approximate surface area is 106 Å². The summed E-state index contributed by atoms with van der Waals surface area (Å²) in [6.07, 6.45) is 0.448. The third kappa shape index (κ3) is 2.51. The molecule has 2 rings (SSSR count). The number of aryl methyl sites for hydroxylation is 1. The summed E-state index contributed by atoms with van der Waals surface area (Å²) in [5, 5.41) is 5.81. The maximum Gasteiger partial charge on any atom is 0.227 e. The number of anilines is 1. The van der Waals surface area contributed by atoms with Crippen molar-refractivity contribution in [1.82, 2.24) is 14.9 Å². The Kier molecular flexibility index (Phi) is 3.94. The predicted molar refractivity (Wildman–Crippen MR) is 72.6 cm³/mol. The number of aromatic nitrogens is 2. The summed E-state index contributed by atoms with van der Waals surface area (Å²) >= 11 is 0. The van der Waals surface area contributed by atoms with Gasteiger partial charge in [-0.25, -0.2) is 4.98 Å². The van der Waals surface area contributed by atoms with Crippen LogP contribution in [0.4, 0.5) is 5.95 Å². The highest BCUT2D eigenvalue weighted by Gasteiger charge is 2.11. The van der Waals surface area contributed by atoms with E-state index in [1.165, 1.54) is 0 Å². The average molecular weight is 246 g/mol. The van der Waals surface area contributed by atoms with Crippen molar-refractivity contribution in [2.75, 3.05) is 18.9 Å². The van der Waals surface area contributed by atoms with Gasteiger partial charge in [-0.1, -0.05) is 12.1 Å². The number of carbonyl (C=O) groups is 1. The molecule has 0 aliphatic heterocycles. The van der Waals surface area contributed by atoms with Crippen molar-refractivity contribution in [1.29, 1.82) is 0 Å². The van der Waals surface area contributed by atoms with Gasteiger partial charge in [0.05, 0.1) is 11.0 Å². The number of benzene rings is 1. The number of fused-ring (bicyclic) bond motifs is 1. The van der Waals surface area contributed by atoms with E-state index < -0.39 is 0 Å². The fourth-order valence-electron chi connectivity index (χ4n) is 1.92. The molecule has 0 radical (unpaired) electrons. The van der Waals surface area contributed by atoms with Crippen LogP contribution >= 0.6 is 0 Å². The number of hydrogen-bond donors (Lipinski definition) is 2. The van der Waals surface area contributed by atoms with Gasteiger partial charge in [0.25, 0.3) is 0 Å². The first-order chi connectivity index (χ1) is 8.76. The van der Waals surface area contributed by atoms with Crippen molar-refractivity contribution in [2.24, 2.45) is 0 Å². The second-order valence-corrected chi connectivity index (χ2v) is 4.07. The second-order valence-electron chi connectivity index (χ2n) is 4.07. The monoisotopic (exact) mass is 246 g/mol. The summed E-state index contributed by atoms with van der Waals surface area (Å²) in [5.74, 6) is 0.606. The lowest BCUT2D eigenvalue weighted by Crippen LogP contribution is -2.20. The van der Waals surface area contributed by atoms with Crippen LogP contribution in [0.5, 0.6) is 0 Å². The summed E-state index contributed by atoms with van der Waals surface area (Å²) in [4.78, 5) is 16.2. The van der Waals surface area contributed by atoms with Crippen LogP contribution in [0.1, 0.15) is 13.3 Å². The maximum absolute atomic E-state index is 11.7. The average Bonchev–Trinajstić information content (AvgIpc) is 2.73. The molecule has 5 nitrogen and oxygen atoms in total.